The third-order valence-corrected chi connectivity index (χ3v) is 6.47. The highest BCUT2D eigenvalue weighted by Gasteiger charge is 2.29. The lowest BCUT2D eigenvalue weighted by Crippen LogP contribution is -2.39. The molecule has 0 bridgehead atoms. The first-order valence-electron chi connectivity index (χ1n) is 9.26. The molecule has 0 spiro atoms. The molecular formula is C22H27NO2S. The average molecular weight is 370 g/mol. The van der Waals surface area contributed by atoms with Gasteiger partial charge in [0.1, 0.15) is 0 Å². The van der Waals surface area contributed by atoms with Crippen LogP contribution in [0.4, 0.5) is 0 Å². The summed E-state index contributed by atoms with van der Waals surface area (Å²) in [6, 6.07) is 14.1. The van der Waals surface area contributed by atoms with Crippen molar-refractivity contribution in [3.8, 4) is 0 Å². The highest BCUT2D eigenvalue weighted by molar-refractivity contribution is 7.84. The summed E-state index contributed by atoms with van der Waals surface area (Å²) in [5, 5.41) is 0. The van der Waals surface area contributed by atoms with Crippen LogP contribution in [0.1, 0.15) is 47.6 Å². The zero-order valence-electron chi connectivity index (χ0n) is 15.8. The predicted octanol–water partition coefficient (Wildman–Crippen LogP) is 4.34. The SMILES string of the molecule is Cc1cccc([C@H]2CCCCN2C(=O)Cc2ccccc2[S@@](C)=O)c1C. The molecule has 0 radical (unpaired) electrons. The summed E-state index contributed by atoms with van der Waals surface area (Å²) < 4.78 is 12.0. The van der Waals surface area contributed by atoms with Gasteiger partial charge >= 0.3 is 0 Å². The Labute approximate surface area is 158 Å². The molecule has 0 saturated carbocycles. The molecule has 1 amide bonds. The molecule has 3 rings (SSSR count). The minimum atomic E-state index is -1.08. The molecule has 2 aromatic rings. The minimum absolute atomic E-state index is 0.133. The lowest BCUT2D eigenvalue weighted by Gasteiger charge is -2.37. The van der Waals surface area contributed by atoms with Gasteiger partial charge in [0, 0.05) is 17.7 Å². The van der Waals surface area contributed by atoms with E-state index in [0.29, 0.717) is 6.42 Å². The van der Waals surface area contributed by atoms with Crippen molar-refractivity contribution in [2.24, 2.45) is 0 Å². The number of carbonyl (C=O) groups is 1. The Morgan fingerprint density at radius 3 is 2.65 bits per heavy atom. The normalized spacial score (nSPS) is 18.6. The number of carbonyl (C=O) groups excluding carboxylic acids is 1. The topological polar surface area (TPSA) is 37.4 Å². The number of nitrogens with zero attached hydrogens (tertiary/aromatic N) is 1. The molecule has 0 unspecified atom stereocenters. The number of rotatable bonds is 4. The van der Waals surface area contributed by atoms with Crippen LogP contribution in [0, 0.1) is 13.8 Å². The molecule has 3 nitrogen and oxygen atoms in total. The van der Waals surface area contributed by atoms with E-state index in [0.717, 1.165) is 36.3 Å². The number of piperidine rings is 1. The number of hydrogen-bond donors (Lipinski definition) is 0. The molecule has 0 N–H and O–H groups in total. The second kappa shape index (κ2) is 8.17. The number of likely N-dealkylation sites (tertiary alicyclic amines) is 1. The van der Waals surface area contributed by atoms with Gasteiger partial charge < -0.3 is 4.90 Å². The summed E-state index contributed by atoms with van der Waals surface area (Å²) in [5.74, 6) is 0.133. The molecule has 1 aliphatic rings. The molecule has 2 aromatic carbocycles. The van der Waals surface area contributed by atoms with E-state index < -0.39 is 10.8 Å². The molecule has 1 saturated heterocycles. The van der Waals surface area contributed by atoms with Crippen molar-refractivity contribution in [3.05, 3.63) is 64.7 Å². The Balaban J connectivity index is 1.87. The fourth-order valence-corrected chi connectivity index (χ4v) is 4.66. The van der Waals surface area contributed by atoms with Crippen molar-refractivity contribution in [2.45, 2.75) is 50.5 Å². The van der Waals surface area contributed by atoms with Crippen molar-refractivity contribution >= 4 is 16.7 Å². The van der Waals surface area contributed by atoms with Crippen LogP contribution in [0.2, 0.25) is 0 Å². The Morgan fingerprint density at radius 1 is 1.12 bits per heavy atom. The first kappa shape index (κ1) is 18.8. The van der Waals surface area contributed by atoms with Crippen LogP contribution in [0.5, 0.6) is 0 Å². The molecule has 2 atom stereocenters. The first-order valence-corrected chi connectivity index (χ1v) is 10.8. The van der Waals surface area contributed by atoms with Crippen LogP contribution in [0.15, 0.2) is 47.4 Å². The summed E-state index contributed by atoms with van der Waals surface area (Å²) in [7, 11) is -1.08. The molecular weight excluding hydrogens is 342 g/mol. The van der Waals surface area contributed by atoms with Crippen LogP contribution < -0.4 is 0 Å². The third kappa shape index (κ3) is 3.90. The van der Waals surface area contributed by atoms with Crippen LogP contribution in [-0.2, 0) is 22.0 Å². The van der Waals surface area contributed by atoms with Crippen molar-refractivity contribution in [1.82, 2.24) is 4.90 Å². The van der Waals surface area contributed by atoms with Gasteiger partial charge in [0.15, 0.2) is 0 Å². The summed E-state index contributed by atoms with van der Waals surface area (Å²) in [6.45, 7) is 5.08. The van der Waals surface area contributed by atoms with Crippen LogP contribution in [0.3, 0.4) is 0 Å². The van der Waals surface area contributed by atoms with Gasteiger partial charge in [-0.1, -0.05) is 36.4 Å². The van der Waals surface area contributed by atoms with E-state index in [-0.39, 0.29) is 11.9 Å². The number of benzene rings is 2. The van der Waals surface area contributed by atoms with Gasteiger partial charge in [0.05, 0.1) is 23.3 Å². The van der Waals surface area contributed by atoms with E-state index in [1.54, 1.807) is 6.26 Å². The lowest BCUT2D eigenvalue weighted by molar-refractivity contribution is -0.134. The monoisotopic (exact) mass is 369 g/mol. The summed E-state index contributed by atoms with van der Waals surface area (Å²) in [5.41, 5.74) is 4.70. The smallest absolute Gasteiger partial charge is 0.227 e. The van der Waals surface area contributed by atoms with Gasteiger partial charge in [-0.3, -0.25) is 9.00 Å². The Hall–Kier alpha value is -1.94. The van der Waals surface area contributed by atoms with Crippen molar-refractivity contribution in [3.63, 3.8) is 0 Å². The highest BCUT2D eigenvalue weighted by Crippen LogP contribution is 2.34. The quantitative estimate of drug-likeness (QED) is 0.804. The Bertz CT molecular complexity index is 831. The minimum Gasteiger partial charge on any atom is -0.335 e. The molecule has 0 aliphatic carbocycles. The van der Waals surface area contributed by atoms with E-state index in [1.165, 1.54) is 16.7 Å². The van der Waals surface area contributed by atoms with E-state index in [2.05, 4.69) is 32.0 Å². The standard InChI is InChI=1S/C22H27NO2S/c1-16-9-8-11-19(17(16)2)20-12-6-7-14-23(20)22(24)15-18-10-4-5-13-21(18)26(3)25/h4-5,8-11,13,20H,6-7,12,14-15H2,1-3H3/t20-,26-/m1/s1. The van der Waals surface area contributed by atoms with E-state index in [1.807, 2.05) is 29.2 Å². The van der Waals surface area contributed by atoms with E-state index in [4.69, 9.17) is 0 Å². The van der Waals surface area contributed by atoms with Crippen molar-refractivity contribution in [2.75, 3.05) is 12.8 Å². The average Bonchev–Trinajstić information content (AvgIpc) is 2.64. The number of hydrogen-bond acceptors (Lipinski definition) is 2. The maximum Gasteiger partial charge on any atom is 0.227 e. The van der Waals surface area contributed by atoms with Crippen LogP contribution in [0.25, 0.3) is 0 Å². The Morgan fingerprint density at radius 2 is 1.88 bits per heavy atom. The fourth-order valence-electron chi connectivity index (χ4n) is 3.88. The van der Waals surface area contributed by atoms with E-state index in [9.17, 15) is 9.00 Å². The van der Waals surface area contributed by atoms with Gasteiger partial charge in [0.2, 0.25) is 5.91 Å². The summed E-state index contributed by atoms with van der Waals surface area (Å²) >= 11 is 0. The number of aryl methyl sites for hydroxylation is 1. The largest absolute Gasteiger partial charge is 0.335 e. The second-order valence-electron chi connectivity index (χ2n) is 7.13. The maximum atomic E-state index is 13.1. The Kier molecular flexibility index (Phi) is 5.92. The predicted molar refractivity (Wildman–Crippen MR) is 107 cm³/mol. The summed E-state index contributed by atoms with van der Waals surface area (Å²) in [4.78, 5) is 16.0. The van der Waals surface area contributed by atoms with Gasteiger partial charge in [0.25, 0.3) is 0 Å². The van der Waals surface area contributed by atoms with Gasteiger partial charge in [-0.05, 0) is 61.4 Å². The lowest BCUT2D eigenvalue weighted by atomic mass is 9.90. The van der Waals surface area contributed by atoms with Crippen LogP contribution in [-0.4, -0.2) is 27.8 Å². The van der Waals surface area contributed by atoms with E-state index >= 15 is 0 Å². The van der Waals surface area contributed by atoms with Crippen molar-refractivity contribution in [1.29, 1.82) is 0 Å². The van der Waals surface area contributed by atoms with Gasteiger partial charge in [-0.25, -0.2) is 0 Å². The van der Waals surface area contributed by atoms with Crippen LogP contribution >= 0.6 is 0 Å². The van der Waals surface area contributed by atoms with Gasteiger partial charge in [-0.15, -0.1) is 0 Å². The molecule has 1 aliphatic heterocycles. The third-order valence-electron chi connectivity index (χ3n) is 5.45. The molecule has 26 heavy (non-hydrogen) atoms. The molecule has 138 valence electrons. The summed E-state index contributed by atoms with van der Waals surface area (Å²) in [6.07, 6.45) is 5.20. The first-order chi connectivity index (χ1) is 12.5. The second-order valence-corrected chi connectivity index (χ2v) is 8.47. The molecule has 1 heterocycles. The molecule has 1 fully saturated rings. The highest BCUT2D eigenvalue weighted by atomic mass is 32.2. The zero-order valence-corrected chi connectivity index (χ0v) is 16.6. The van der Waals surface area contributed by atoms with Gasteiger partial charge in [-0.2, -0.15) is 0 Å². The molecule has 4 heteroatoms. The maximum absolute atomic E-state index is 13.1. The van der Waals surface area contributed by atoms with Crippen molar-refractivity contribution < 1.29 is 9.00 Å². The zero-order chi connectivity index (χ0) is 18.7. The fraction of sp³-hybridized carbons (Fsp3) is 0.409. The number of amides is 1. The molecule has 0 aromatic heterocycles.